The first-order valence-corrected chi connectivity index (χ1v) is 6.61. The number of hydrogen-bond acceptors (Lipinski definition) is 5. The largest absolute Gasteiger partial charge is 0.333 e. The van der Waals surface area contributed by atoms with E-state index in [9.17, 15) is 4.79 Å². The Hall–Kier alpha value is -1.73. The zero-order valence-corrected chi connectivity index (χ0v) is 10.6. The van der Waals surface area contributed by atoms with Crippen molar-refractivity contribution >= 4 is 22.4 Å². The van der Waals surface area contributed by atoms with Crippen molar-refractivity contribution in [2.75, 3.05) is 18.4 Å². The minimum atomic E-state index is -0.0232. The predicted octanol–water partition coefficient (Wildman–Crippen LogP) is 0.794. The predicted molar refractivity (Wildman–Crippen MR) is 68.2 cm³/mol. The Morgan fingerprint density at radius 3 is 3.17 bits per heavy atom. The third kappa shape index (κ3) is 2.41. The van der Waals surface area contributed by atoms with Crippen molar-refractivity contribution in [2.24, 2.45) is 0 Å². The third-order valence-corrected chi connectivity index (χ3v) is 3.56. The molecule has 1 aliphatic rings. The van der Waals surface area contributed by atoms with E-state index in [-0.39, 0.29) is 5.91 Å². The van der Waals surface area contributed by atoms with Crippen LogP contribution in [0.4, 0.5) is 5.13 Å². The summed E-state index contributed by atoms with van der Waals surface area (Å²) in [4.78, 5) is 22.2. The summed E-state index contributed by atoms with van der Waals surface area (Å²) in [6, 6.07) is 0. The van der Waals surface area contributed by atoms with E-state index in [0.29, 0.717) is 11.7 Å². The van der Waals surface area contributed by atoms with Gasteiger partial charge in [-0.25, -0.2) is 9.97 Å². The molecule has 0 unspecified atom stereocenters. The van der Waals surface area contributed by atoms with Crippen LogP contribution in [0.5, 0.6) is 0 Å². The normalized spacial score (nSPS) is 15.3. The van der Waals surface area contributed by atoms with Crippen molar-refractivity contribution in [1.82, 2.24) is 19.4 Å². The molecule has 1 aliphatic heterocycles. The van der Waals surface area contributed by atoms with Crippen LogP contribution < -0.4 is 5.32 Å². The topological polar surface area (TPSA) is 63.1 Å². The van der Waals surface area contributed by atoms with Crippen LogP contribution >= 0.6 is 11.3 Å². The van der Waals surface area contributed by atoms with Crippen LogP contribution in [0, 0.1) is 0 Å². The van der Waals surface area contributed by atoms with E-state index >= 15 is 0 Å². The van der Waals surface area contributed by atoms with Crippen LogP contribution in [0.2, 0.25) is 0 Å². The van der Waals surface area contributed by atoms with Crippen LogP contribution in [0.1, 0.15) is 5.82 Å². The highest BCUT2D eigenvalue weighted by atomic mass is 32.1. The van der Waals surface area contributed by atoms with Gasteiger partial charge in [-0.3, -0.25) is 9.69 Å². The fourth-order valence-corrected chi connectivity index (χ4v) is 2.55. The molecule has 0 aliphatic carbocycles. The monoisotopic (exact) mass is 263 g/mol. The molecule has 0 saturated heterocycles. The minimum absolute atomic E-state index is 0.0232. The van der Waals surface area contributed by atoms with Gasteiger partial charge in [0.2, 0.25) is 5.91 Å². The lowest BCUT2D eigenvalue weighted by molar-refractivity contribution is -0.117. The molecule has 3 rings (SSSR count). The summed E-state index contributed by atoms with van der Waals surface area (Å²) in [5, 5.41) is 5.28. The van der Waals surface area contributed by atoms with Crippen molar-refractivity contribution < 1.29 is 4.79 Å². The van der Waals surface area contributed by atoms with Gasteiger partial charge in [0, 0.05) is 37.1 Å². The summed E-state index contributed by atoms with van der Waals surface area (Å²) in [7, 11) is 0. The van der Waals surface area contributed by atoms with E-state index in [2.05, 4.69) is 24.8 Å². The lowest BCUT2D eigenvalue weighted by atomic mass is 10.3. The number of carbonyl (C=O) groups is 1. The summed E-state index contributed by atoms with van der Waals surface area (Å²) in [5.74, 6) is 0.994. The Kier molecular flexibility index (Phi) is 3.07. The maximum absolute atomic E-state index is 11.8. The van der Waals surface area contributed by atoms with Gasteiger partial charge in [0.05, 0.1) is 13.1 Å². The molecule has 1 N–H and O–H groups in total. The molecule has 1 amide bonds. The first kappa shape index (κ1) is 11.4. The van der Waals surface area contributed by atoms with E-state index in [1.165, 1.54) is 11.3 Å². The van der Waals surface area contributed by atoms with Crippen LogP contribution in [0.25, 0.3) is 0 Å². The number of fused-ring (bicyclic) bond motifs is 1. The Morgan fingerprint density at radius 1 is 1.39 bits per heavy atom. The van der Waals surface area contributed by atoms with E-state index < -0.39 is 0 Å². The second-order valence-corrected chi connectivity index (χ2v) is 5.03. The van der Waals surface area contributed by atoms with Crippen LogP contribution in [-0.2, 0) is 17.9 Å². The van der Waals surface area contributed by atoms with Gasteiger partial charge in [0.1, 0.15) is 5.82 Å². The van der Waals surface area contributed by atoms with Gasteiger partial charge < -0.3 is 9.88 Å². The smallest absolute Gasteiger partial charge is 0.240 e. The van der Waals surface area contributed by atoms with Crippen molar-refractivity contribution in [2.45, 2.75) is 13.1 Å². The Balaban J connectivity index is 1.56. The fraction of sp³-hybridized carbons (Fsp3) is 0.364. The SMILES string of the molecule is O=C(CN1CCn2ccnc2C1)Nc1nccs1. The number of amides is 1. The fourth-order valence-electron chi connectivity index (χ4n) is 2.01. The zero-order chi connectivity index (χ0) is 12.4. The van der Waals surface area contributed by atoms with Gasteiger partial charge in [-0.05, 0) is 0 Å². The van der Waals surface area contributed by atoms with Crippen molar-refractivity contribution in [3.8, 4) is 0 Å². The molecular formula is C11H13N5OS. The van der Waals surface area contributed by atoms with Crippen LogP contribution in [0.15, 0.2) is 24.0 Å². The highest BCUT2D eigenvalue weighted by Gasteiger charge is 2.18. The van der Waals surface area contributed by atoms with E-state index in [4.69, 9.17) is 0 Å². The number of carbonyl (C=O) groups excluding carboxylic acids is 1. The molecule has 0 fully saturated rings. The Bertz CT molecular complexity index is 535. The molecule has 0 radical (unpaired) electrons. The molecule has 0 saturated carbocycles. The number of rotatable bonds is 3. The molecule has 0 bridgehead atoms. The van der Waals surface area contributed by atoms with Gasteiger partial charge in [0.25, 0.3) is 0 Å². The van der Waals surface area contributed by atoms with Crippen molar-refractivity contribution in [1.29, 1.82) is 0 Å². The summed E-state index contributed by atoms with van der Waals surface area (Å²) < 4.78 is 2.12. The summed E-state index contributed by atoms with van der Waals surface area (Å²) in [6.45, 7) is 2.86. The summed E-state index contributed by atoms with van der Waals surface area (Å²) in [6.07, 6.45) is 5.45. The number of thiazole rings is 1. The number of nitrogens with zero attached hydrogens (tertiary/aromatic N) is 4. The highest BCUT2D eigenvalue weighted by molar-refractivity contribution is 7.13. The minimum Gasteiger partial charge on any atom is -0.333 e. The molecular weight excluding hydrogens is 250 g/mol. The molecule has 3 heterocycles. The molecule has 94 valence electrons. The second-order valence-electron chi connectivity index (χ2n) is 4.13. The lowest BCUT2D eigenvalue weighted by Crippen LogP contribution is -2.39. The number of imidazole rings is 1. The van der Waals surface area contributed by atoms with Gasteiger partial charge in [-0.15, -0.1) is 11.3 Å². The molecule has 7 heteroatoms. The Morgan fingerprint density at radius 2 is 2.33 bits per heavy atom. The number of anilines is 1. The van der Waals surface area contributed by atoms with Gasteiger partial charge >= 0.3 is 0 Å². The maximum atomic E-state index is 11.8. The molecule has 18 heavy (non-hydrogen) atoms. The zero-order valence-electron chi connectivity index (χ0n) is 9.74. The van der Waals surface area contributed by atoms with Crippen LogP contribution in [-0.4, -0.2) is 38.4 Å². The van der Waals surface area contributed by atoms with E-state index in [0.717, 1.165) is 25.5 Å². The third-order valence-electron chi connectivity index (χ3n) is 2.87. The maximum Gasteiger partial charge on any atom is 0.240 e. The van der Waals surface area contributed by atoms with Gasteiger partial charge in [0.15, 0.2) is 5.13 Å². The first-order valence-electron chi connectivity index (χ1n) is 5.73. The molecule has 6 nitrogen and oxygen atoms in total. The molecule has 0 atom stereocenters. The van der Waals surface area contributed by atoms with Gasteiger partial charge in [-0.1, -0.05) is 0 Å². The Labute approximate surface area is 108 Å². The molecule has 2 aromatic rings. The van der Waals surface area contributed by atoms with Gasteiger partial charge in [-0.2, -0.15) is 0 Å². The molecule has 0 spiro atoms. The quantitative estimate of drug-likeness (QED) is 0.889. The molecule has 2 aromatic heterocycles. The first-order chi connectivity index (χ1) is 8.81. The summed E-state index contributed by atoms with van der Waals surface area (Å²) >= 11 is 1.43. The molecule has 0 aromatic carbocycles. The van der Waals surface area contributed by atoms with Crippen LogP contribution in [0.3, 0.4) is 0 Å². The van der Waals surface area contributed by atoms with Crippen molar-refractivity contribution in [3.05, 3.63) is 29.8 Å². The number of nitrogens with one attached hydrogen (secondary N) is 1. The van der Waals surface area contributed by atoms with E-state index in [1.54, 1.807) is 12.4 Å². The number of hydrogen-bond donors (Lipinski definition) is 1. The van der Waals surface area contributed by atoms with Crippen molar-refractivity contribution in [3.63, 3.8) is 0 Å². The standard InChI is InChI=1S/C11H13N5OS/c17-10(14-11-13-2-6-18-11)8-15-4-5-16-3-1-12-9(16)7-15/h1-3,6H,4-5,7-8H2,(H,13,14,17). The van der Waals surface area contributed by atoms with E-state index in [1.807, 2.05) is 11.6 Å². The lowest BCUT2D eigenvalue weighted by Gasteiger charge is -2.26. The second kappa shape index (κ2) is 4.87. The average Bonchev–Trinajstić information content (AvgIpc) is 2.98. The summed E-state index contributed by atoms with van der Waals surface area (Å²) in [5.41, 5.74) is 0. The highest BCUT2D eigenvalue weighted by Crippen LogP contribution is 2.12. The number of aromatic nitrogens is 3. The average molecular weight is 263 g/mol.